The second kappa shape index (κ2) is 8.05. The molecule has 3 aliphatic heterocycles. The zero-order chi connectivity index (χ0) is 23.5. The van der Waals surface area contributed by atoms with Crippen LogP contribution >= 0.6 is 0 Å². The summed E-state index contributed by atoms with van der Waals surface area (Å²) in [5, 5.41) is 10.5. The summed E-state index contributed by atoms with van der Waals surface area (Å²) in [5.74, 6) is 2.15. The van der Waals surface area contributed by atoms with E-state index in [2.05, 4.69) is 6.58 Å². The van der Waals surface area contributed by atoms with Crippen LogP contribution in [0.3, 0.4) is 0 Å². The van der Waals surface area contributed by atoms with Gasteiger partial charge in [-0.05, 0) is 64.2 Å². The zero-order valence-corrected chi connectivity index (χ0v) is 19.2. The van der Waals surface area contributed by atoms with E-state index in [0.717, 1.165) is 32.1 Å². The Labute approximate surface area is 193 Å². The summed E-state index contributed by atoms with van der Waals surface area (Å²) in [7, 11) is 0. The molecule has 4 aliphatic carbocycles. The molecule has 7 aliphatic rings. The largest absolute Gasteiger partial charge is 0.456 e. The maximum Gasteiger partial charge on any atom is 0.345 e. The molecule has 0 radical (unpaired) electrons. The molecule has 8 heteroatoms. The van der Waals surface area contributed by atoms with E-state index in [1.165, 1.54) is 19.3 Å². The second-order valence-corrected chi connectivity index (χ2v) is 11.1. The van der Waals surface area contributed by atoms with E-state index in [-0.39, 0.29) is 36.0 Å². The molecule has 7 rings (SSSR count). The number of ether oxygens (including phenoxy) is 4. The molecular weight excluding hydrogens is 428 g/mol. The van der Waals surface area contributed by atoms with Gasteiger partial charge in [0.15, 0.2) is 6.10 Å². The van der Waals surface area contributed by atoms with Crippen LogP contribution in [0.1, 0.15) is 58.8 Å². The normalized spacial score (nSPS) is 45.1. The van der Waals surface area contributed by atoms with Crippen molar-refractivity contribution in [3.63, 3.8) is 0 Å². The first-order valence-electron chi connectivity index (χ1n) is 11.9. The highest BCUT2D eigenvalue weighted by atomic mass is 16.6. The predicted molar refractivity (Wildman–Crippen MR) is 115 cm³/mol. The van der Waals surface area contributed by atoms with Gasteiger partial charge in [-0.3, -0.25) is 0 Å². The first-order valence-corrected chi connectivity index (χ1v) is 11.9. The summed E-state index contributed by atoms with van der Waals surface area (Å²) in [6.45, 7) is 7.39. The Balaban J connectivity index is 0.000000139. The molecule has 0 amide bonds. The molecule has 0 aromatic heterocycles. The van der Waals surface area contributed by atoms with Gasteiger partial charge in [-0.1, -0.05) is 6.58 Å². The standard InChI is InChI=1S/C14H20O3.C11H12O5/c1-9(2)12(15)17-14-6-10-3-11(7-14)5-13(16,4-10)8-14;1-5(3-12)11(13)16-9-7-2-6-4-14-10(9)8(6)15-7/h10-11,16H,1,3-8H2,2H3;6-10H,2,4H2,1H3. The zero-order valence-electron chi connectivity index (χ0n) is 19.2. The second-order valence-electron chi connectivity index (χ2n) is 11.1. The number of hydrogen-bond donors (Lipinski definition) is 1. The maximum absolute atomic E-state index is 11.7. The topological polar surface area (TPSA) is 108 Å². The van der Waals surface area contributed by atoms with Crippen molar-refractivity contribution in [2.45, 2.75) is 94.4 Å². The van der Waals surface area contributed by atoms with Crippen molar-refractivity contribution in [1.82, 2.24) is 0 Å². The number of carbonyl (C=O) groups is 2. The third-order valence-corrected chi connectivity index (χ3v) is 8.18. The van der Waals surface area contributed by atoms with Gasteiger partial charge in [-0.2, -0.15) is 0 Å². The summed E-state index contributed by atoms with van der Waals surface area (Å²) < 4.78 is 22.1. The van der Waals surface area contributed by atoms with E-state index in [0.29, 0.717) is 36.4 Å². The van der Waals surface area contributed by atoms with Crippen molar-refractivity contribution in [3.05, 3.63) is 17.7 Å². The van der Waals surface area contributed by atoms with Gasteiger partial charge in [0.2, 0.25) is 0 Å². The van der Waals surface area contributed by atoms with E-state index in [1.54, 1.807) is 6.92 Å². The highest BCUT2D eigenvalue weighted by molar-refractivity contribution is 5.96. The number of rotatable bonds is 4. The minimum Gasteiger partial charge on any atom is -0.456 e. The molecule has 180 valence electrons. The SMILES string of the molecule is C=C(C)C(=O)OC12CC3CC(CC(O)(C3)C1)C2.CC(=C=O)C(=O)OC1C2CC3COC1C3O2. The van der Waals surface area contributed by atoms with Gasteiger partial charge in [-0.25, -0.2) is 14.4 Å². The van der Waals surface area contributed by atoms with E-state index in [1.807, 2.05) is 0 Å². The highest BCUT2D eigenvalue weighted by Gasteiger charge is 2.61. The Morgan fingerprint density at radius 1 is 1.06 bits per heavy atom. The summed E-state index contributed by atoms with van der Waals surface area (Å²) in [6.07, 6.45) is 5.88. The minimum absolute atomic E-state index is 0.0441. The molecule has 4 saturated carbocycles. The van der Waals surface area contributed by atoms with Crippen molar-refractivity contribution < 1.29 is 38.4 Å². The molecule has 0 spiro atoms. The van der Waals surface area contributed by atoms with E-state index < -0.39 is 17.2 Å². The van der Waals surface area contributed by atoms with Crippen LogP contribution in [0.25, 0.3) is 0 Å². The van der Waals surface area contributed by atoms with Gasteiger partial charge in [0, 0.05) is 17.9 Å². The number of aliphatic hydroxyl groups is 1. The number of carbonyl (C=O) groups excluding carboxylic acids is 3. The van der Waals surface area contributed by atoms with Crippen molar-refractivity contribution in [2.75, 3.05) is 6.61 Å². The molecular formula is C25H32O8. The molecule has 7 atom stereocenters. The van der Waals surface area contributed by atoms with Crippen molar-refractivity contribution in [2.24, 2.45) is 17.8 Å². The van der Waals surface area contributed by atoms with E-state index in [9.17, 15) is 19.5 Å². The molecule has 33 heavy (non-hydrogen) atoms. The molecule has 1 N–H and O–H groups in total. The third kappa shape index (κ3) is 4.08. The smallest absolute Gasteiger partial charge is 0.345 e. The average molecular weight is 461 g/mol. The lowest BCUT2D eigenvalue weighted by atomic mass is 9.52. The van der Waals surface area contributed by atoms with Crippen LogP contribution in [-0.4, -0.2) is 65.2 Å². The highest BCUT2D eigenvalue weighted by Crippen LogP contribution is 2.59. The Morgan fingerprint density at radius 3 is 2.36 bits per heavy atom. The molecule has 7 unspecified atom stereocenters. The average Bonchev–Trinajstić information content (AvgIpc) is 3.35. The number of fused-ring (bicyclic) bond motifs is 1. The summed E-state index contributed by atoms with van der Waals surface area (Å²) in [5.41, 5.74) is -0.557. The number of esters is 2. The van der Waals surface area contributed by atoms with Crippen LogP contribution in [0.4, 0.5) is 0 Å². The van der Waals surface area contributed by atoms with Gasteiger partial charge in [0.25, 0.3) is 0 Å². The Kier molecular flexibility index (Phi) is 5.56. The maximum atomic E-state index is 11.7. The molecule has 7 fully saturated rings. The first kappa shape index (κ1) is 22.8. The fourth-order valence-electron chi connectivity index (χ4n) is 7.27. The Hall–Kier alpha value is -1.99. The third-order valence-electron chi connectivity index (χ3n) is 8.18. The van der Waals surface area contributed by atoms with Gasteiger partial charge in [0.05, 0.1) is 24.4 Å². The predicted octanol–water partition coefficient (Wildman–Crippen LogP) is 2.05. The van der Waals surface area contributed by atoms with Crippen molar-refractivity contribution in [3.8, 4) is 0 Å². The number of hydrogen-bond acceptors (Lipinski definition) is 8. The molecule has 3 saturated heterocycles. The molecule has 0 aromatic rings. The Morgan fingerprint density at radius 2 is 1.76 bits per heavy atom. The fraction of sp³-hybridized carbons (Fsp3) is 0.760. The molecule has 6 bridgehead atoms. The van der Waals surface area contributed by atoms with Gasteiger partial charge < -0.3 is 24.1 Å². The van der Waals surface area contributed by atoms with E-state index >= 15 is 0 Å². The van der Waals surface area contributed by atoms with Crippen LogP contribution in [0.15, 0.2) is 17.7 Å². The van der Waals surface area contributed by atoms with Crippen LogP contribution in [0, 0.1) is 17.8 Å². The van der Waals surface area contributed by atoms with Gasteiger partial charge in [-0.15, -0.1) is 0 Å². The van der Waals surface area contributed by atoms with Gasteiger partial charge in [0.1, 0.15) is 23.2 Å². The molecule has 8 nitrogen and oxygen atoms in total. The van der Waals surface area contributed by atoms with Crippen LogP contribution in [0.2, 0.25) is 0 Å². The molecule has 3 heterocycles. The lowest BCUT2D eigenvalue weighted by Crippen LogP contribution is -2.60. The quantitative estimate of drug-likeness (QED) is 0.386. The van der Waals surface area contributed by atoms with Crippen LogP contribution in [0.5, 0.6) is 0 Å². The van der Waals surface area contributed by atoms with Crippen molar-refractivity contribution in [1.29, 1.82) is 0 Å². The summed E-state index contributed by atoms with van der Waals surface area (Å²) in [4.78, 5) is 33.5. The first-order chi connectivity index (χ1) is 15.6. The minimum atomic E-state index is -0.622. The van der Waals surface area contributed by atoms with Crippen molar-refractivity contribution >= 4 is 17.9 Å². The van der Waals surface area contributed by atoms with E-state index in [4.69, 9.17) is 18.9 Å². The van der Waals surface area contributed by atoms with Crippen LogP contribution in [-0.2, 0) is 33.3 Å². The lowest BCUT2D eigenvalue weighted by Gasteiger charge is -2.59. The molecule has 0 aromatic carbocycles. The Bertz CT molecular complexity index is 901. The fourth-order valence-corrected chi connectivity index (χ4v) is 7.27. The summed E-state index contributed by atoms with van der Waals surface area (Å²) >= 11 is 0. The monoisotopic (exact) mass is 460 g/mol. The lowest BCUT2D eigenvalue weighted by molar-refractivity contribution is -0.217. The van der Waals surface area contributed by atoms with Crippen LogP contribution < -0.4 is 0 Å². The van der Waals surface area contributed by atoms with Gasteiger partial charge >= 0.3 is 11.9 Å². The summed E-state index contributed by atoms with van der Waals surface area (Å²) in [6, 6.07) is 0.